The largest absolute Gasteiger partial charge is 0.506 e. The fourth-order valence-electron chi connectivity index (χ4n) is 4.61. The van der Waals surface area contributed by atoms with Crippen LogP contribution < -0.4 is 10.6 Å². The number of phenols is 1. The molecule has 11 nitrogen and oxygen atoms in total. The number of H-pyrrole nitrogens is 1. The molecule has 3 rings (SSSR count). The second-order valence-corrected chi connectivity index (χ2v) is 13.5. The fraction of sp³-hybridized carbons (Fsp3) is 0.500. The number of fused-ring (bicyclic) bond motifs is 1. The molecule has 0 saturated heterocycles. The number of carboxylic acid groups (broad SMARTS) is 2. The van der Waals surface area contributed by atoms with Gasteiger partial charge in [-0.05, 0) is 34.9 Å². The molecule has 3 aromatic rings. The third-order valence-corrected chi connectivity index (χ3v) is 7.78. The lowest BCUT2D eigenvalue weighted by molar-refractivity contribution is -0.193. The van der Waals surface area contributed by atoms with Crippen LogP contribution in [0.4, 0.5) is 26.3 Å². The Hall–Kier alpha value is -4.16. The van der Waals surface area contributed by atoms with Crippen LogP contribution in [0.5, 0.6) is 5.75 Å². The highest BCUT2D eigenvalue weighted by molar-refractivity contribution is 7.16. The number of carboxylic acids is 2. The highest BCUT2D eigenvalue weighted by Gasteiger charge is 2.38. The number of thiazole rings is 1. The molecule has 0 aliphatic rings. The maximum Gasteiger partial charge on any atom is 0.490 e. The van der Waals surface area contributed by atoms with Gasteiger partial charge in [-0.2, -0.15) is 26.3 Å². The van der Waals surface area contributed by atoms with Crippen molar-refractivity contribution in [3.8, 4) is 5.75 Å². The summed E-state index contributed by atoms with van der Waals surface area (Å²) in [6, 6.07) is 14.0. The number of alkyl halides is 6. The summed E-state index contributed by atoms with van der Waals surface area (Å²) in [5.41, 5.74) is 8.47. The third-order valence-electron chi connectivity index (χ3n) is 6.83. The molecule has 6 N–H and O–H groups in total. The van der Waals surface area contributed by atoms with Gasteiger partial charge in [0.15, 0.2) is 0 Å². The molecule has 1 aromatic heterocycles. The Morgan fingerprint density at radius 2 is 1.38 bits per heavy atom. The first-order valence-electron chi connectivity index (χ1n) is 15.1. The zero-order chi connectivity index (χ0) is 38.4. The average molecular weight is 741 g/mol. The van der Waals surface area contributed by atoms with E-state index in [1.54, 1.807) is 6.07 Å². The van der Waals surface area contributed by atoms with Crippen LogP contribution in [0.15, 0.2) is 47.3 Å². The summed E-state index contributed by atoms with van der Waals surface area (Å²) in [6.45, 7) is 13.9. The summed E-state index contributed by atoms with van der Waals surface area (Å²) < 4.78 is 64.3. The molecule has 1 atom stereocenters. The first kappa shape index (κ1) is 43.9. The van der Waals surface area contributed by atoms with Crippen molar-refractivity contribution < 1.29 is 56.0 Å². The van der Waals surface area contributed by atoms with Crippen molar-refractivity contribution in [2.45, 2.75) is 58.8 Å². The Bertz CT molecular complexity index is 1560. The topological polar surface area (TPSA) is 177 Å². The van der Waals surface area contributed by atoms with Crippen molar-refractivity contribution >= 4 is 39.4 Å². The summed E-state index contributed by atoms with van der Waals surface area (Å²) in [5, 5.41) is 24.4. The van der Waals surface area contributed by atoms with Gasteiger partial charge in [0.2, 0.25) is 5.91 Å². The predicted molar refractivity (Wildman–Crippen MR) is 176 cm³/mol. The van der Waals surface area contributed by atoms with E-state index in [2.05, 4.69) is 66.7 Å². The molecule has 1 heterocycles. The van der Waals surface area contributed by atoms with E-state index in [1.807, 2.05) is 12.1 Å². The Morgan fingerprint density at radius 1 is 0.860 bits per heavy atom. The van der Waals surface area contributed by atoms with Gasteiger partial charge in [-0.25, -0.2) is 9.59 Å². The summed E-state index contributed by atoms with van der Waals surface area (Å²) in [5.74, 6) is -5.34. The van der Waals surface area contributed by atoms with Crippen molar-refractivity contribution in [2.75, 3.05) is 39.3 Å². The molecule has 0 unspecified atom stereocenters. The molecule has 1 amide bonds. The Kier molecular flexibility index (Phi) is 16.9. The summed E-state index contributed by atoms with van der Waals surface area (Å²) in [7, 11) is 0. The van der Waals surface area contributed by atoms with Crippen LogP contribution >= 0.6 is 11.3 Å². The first-order chi connectivity index (χ1) is 22.9. The number of amides is 1. The van der Waals surface area contributed by atoms with E-state index in [0.29, 0.717) is 24.4 Å². The Balaban J connectivity index is 0.000000748. The van der Waals surface area contributed by atoms with Crippen LogP contribution in [0.2, 0.25) is 0 Å². The number of phenolic OH excluding ortho intramolecular Hbond substituents is 1. The van der Waals surface area contributed by atoms with Gasteiger partial charge >= 0.3 is 29.2 Å². The van der Waals surface area contributed by atoms with Gasteiger partial charge in [0.1, 0.15) is 11.3 Å². The number of nitrogens with two attached hydrogens (primary N) is 1. The second kappa shape index (κ2) is 19.3. The zero-order valence-corrected chi connectivity index (χ0v) is 28.7. The number of carbonyl (C=O) groups is 3. The van der Waals surface area contributed by atoms with Gasteiger partial charge in [-0.15, -0.1) is 0 Å². The number of hydrogen-bond acceptors (Lipinski definition) is 8. The van der Waals surface area contributed by atoms with Crippen molar-refractivity contribution in [1.29, 1.82) is 0 Å². The van der Waals surface area contributed by atoms with Gasteiger partial charge in [0.05, 0.1) is 4.70 Å². The standard InChI is InChI=1S/C28H40N4O3S.2C2HF3O2/c1-20(21-8-6-5-7-9-21)18-31(15-13-24(29)34)16-17-32(19-28(2,3)4)14-12-22-10-11-23(33)25-26(22)36-27(35)30-25;2*3-2(4,5)1(6)7/h5-11,20,33H,12-19H2,1-4H3,(H2,29,34)(H,30,35);2*(H,6,7)/t20-;;/m1../s1. The number of benzene rings is 2. The van der Waals surface area contributed by atoms with E-state index in [9.17, 15) is 41.0 Å². The van der Waals surface area contributed by atoms with Crippen LogP contribution in [0.1, 0.15) is 51.2 Å². The monoisotopic (exact) mass is 740 g/mol. The van der Waals surface area contributed by atoms with E-state index in [0.717, 1.165) is 60.7 Å². The highest BCUT2D eigenvalue weighted by atomic mass is 32.1. The van der Waals surface area contributed by atoms with Gasteiger partial charge in [-0.3, -0.25) is 9.59 Å². The Labute approximate surface area is 288 Å². The van der Waals surface area contributed by atoms with Crippen LogP contribution in [0.3, 0.4) is 0 Å². The summed E-state index contributed by atoms with van der Waals surface area (Å²) in [4.78, 5) is 48.6. The molecule has 2 aromatic carbocycles. The molecular weight excluding hydrogens is 698 g/mol. The molecule has 0 saturated carbocycles. The number of nitrogens with one attached hydrogen (secondary N) is 1. The number of primary amides is 1. The van der Waals surface area contributed by atoms with Gasteiger partial charge in [-0.1, -0.05) is 75.4 Å². The number of nitrogens with zero attached hydrogens (tertiary/aromatic N) is 2. The minimum absolute atomic E-state index is 0.108. The molecule has 0 spiro atoms. The molecule has 50 heavy (non-hydrogen) atoms. The normalized spacial score (nSPS) is 12.6. The number of hydrogen-bond donors (Lipinski definition) is 5. The second-order valence-electron chi connectivity index (χ2n) is 12.5. The van der Waals surface area contributed by atoms with Crippen LogP contribution in [0, 0.1) is 5.41 Å². The maximum absolute atomic E-state index is 11.9. The molecule has 0 bridgehead atoms. The smallest absolute Gasteiger partial charge is 0.490 e. The molecule has 0 aliphatic heterocycles. The minimum atomic E-state index is -5.08. The molecular formula is C32H42F6N4O7S. The van der Waals surface area contributed by atoms with E-state index in [4.69, 9.17) is 25.5 Å². The summed E-state index contributed by atoms with van der Waals surface area (Å²) >= 11 is 1.15. The lowest BCUT2D eigenvalue weighted by atomic mass is 9.95. The number of rotatable bonds is 13. The van der Waals surface area contributed by atoms with Crippen LogP contribution in [0.25, 0.3) is 10.2 Å². The lowest BCUT2D eigenvalue weighted by Crippen LogP contribution is -2.42. The van der Waals surface area contributed by atoms with E-state index in [-0.39, 0.29) is 21.9 Å². The summed E-state index contributed by atoms with van der Waals surface area (Å²) in [6.07, 6.45) is -9.04. The Morgan fingerprint density at radius 3 is 1.86 bits per heavy atom. The van der Waals surface area contributed by atoms with Crippen LogP contribution in [-0.2, 0) is 20.8 Å². The lowest BCUT2D eigenvalue weighted by Gasteiger charge is -2.33. The third kappa shape index (κ3) is 17.0. The van der Waals surface area contributed by atoms with Crippen molar-refractivity contribution in [1.82, 2.24) is 14.8 Å². The molecule has 0 aliphatic carbocycles. The van der Waals surface area contributed by atoms with E-state index in [1.165, 1.54) is 5.56 Å². The number of halogens is 6. The van der Waals surface area contributed by atoms with Gasteiger partial charge in [0, 0.05) is 45.7 Å². The predicted octanol–water partition coefficient (Wildman–Crippen LogP) is 5.43. The number of aliphatic carboxylic acids is 2. The highest BCUT2D eigenvalue weighted by Crippen LogP contribution is 2.28. The average Bonchev–Trinajstić information content (AvgIpc) is 3.39. The molecule has 18 heteroatoms. The molecule has 280 valence electrons. The number of aromatic hydroxyl groups is 1. The zero-order valence-electron chi connectivity index (χ0n) is 27.9. The van der Waals surface area contributed by atoms with Crippen molar-refractivity contribution in [2.24, 2.45) is 11.1 Å². The number of aromatic nitrogens is 1. The first-order valence-corrected chi connectivity index (χ1v) is 15.9. The SMILES string of the molecule is C[C@H](CN(CCC(N)=O)CCN(CCc1ccc(O)c2[nH]c(=O)sc12)CC(C)(C)C)c1ccccc1.O=C(O)C(F)(F)F.O=C(O)C(F)(F)F. The van der Waals surface area contributed by atoms with E-state index >= 15 is 0 Å². The van der Waals surface area contributed by atoms with Crippen molar-refractivity contribution in [3.63, 3.8) is 0 Å². The molecule has 0 fully saturated rings. The fourth-order valence-corrected chi connectivity index (χ4v) is 5.51. The quantitative estimate of drug-likeness (QED) is 0.143. The van der Waals surface area contributed by atoms with Crippen LogP contribution in [-0.4, -0.2) is 99.6 Å². The molecule has 0 radical (unpaired) electrons. The van der Waals surface area contributed by atoms with Gasteiger partial charge < -0.3 is 35.8 Å². The van der Waals surface area contributed by atoms with Crippen molar-refractivity contribution in [3.05, 3.63) is 63.3 Å². The number of carbonyl (C=O) groups excluding carboxylic acids is 1. The number of aromatic amines is 1. The van der Waals surface area contributed by atoms with Gasteiger partial charge in [0.25, 0.3) is 0 Å². The maximum atomic E-state index is 11.9. The van der Waals surface area contributed by atoms with E-state index < -0.39 is 24.3 Å². The minimum Gasteiger partial charge on any atom is -0.506 e.